The van der Waals surface area contributed by atoms with Crippen molar-refractivity contribution in [2.45, 2.75) is 26.7 Å². The maximum absolute atomic E-state index is 6.16. The van der Waals surface area contributed by atoms with Crippen LogP contribution < -0.4 is 10.5 Å². The van der Waals surface area contributed by atoms with Crippen LogP contribution in [0.15, 0.2) is 16.6 Å². The van der Waals surface area contributed by atoms with Gasteiger partial charge in [-0.3, -0.25) is 0 Å². The molecule has 0 aliphatic heterocycles. The normalized spacial score (nSPS) is 10.7. The summed E-state index contributed by atoms with van der Waals surface area (Å²) >= 11 is 15.5. The third kappa shape index (κ3) is 3.78. The molecule has 1 aromatic carbocycles. The molecule has 4 nitrogen and oxygen atoms in total. The van der Waals surface area contributed by atoms with Gasteiger partial charge in [0.15, 0.2) is 0 Å². The molecule has 0 atom stereocenters. The summed E-state index contributed by atoms with van der Waals surface area (Å²) in [5.74, 6) is 1.87. The summed E-state index contributed by atoms with van der Waals surface area (Å²) in [6.45, 7) is 3.85. The number of rotatable bonds is 4. The van der Waals surface area contributed by atoms with Crippen molar-refractivity contribution in [3.05, 3.63) is 38.0 Å². The number of nitrogens with zero attached hydrogens (tertiary/aromatic N) is 2. The lowest BCUT2D eigenvalue weighted by Gasteiger charge is -2.12. The average Bonchev–Trinajstić information content (AvgIpc) is 2.42. The highest BCUT2D eigenvalue weighted by atomic mass is 79.9. The molecule has 0 saturated carbocycles. The van der Waals surface area contributed by atoms with Gasteiger partial charge in [-0.1, -0.05) is 30.1 Å². The Kier molecular flexibility index (Phi) is 5.30. The largest absolute Gasteiger partial charge is 0.437 e. The molecule has 0 radical (unpaired) electrons. The van der Waals surface area contributed by atoms with Crippen molar-refractivity contribution in [3.8, 4) is 11.6 Å². The van der Waals surface area contributed by atoms with Gasteiger partial charge in [-0.2, -0.15) is 4.98 Å². The molecule has 2 rings (SSSR count). The topological polar surface area (TPSA) is 61.0 Å². The van der Waals surface area contributed by atoms with Gasteiger partial charge in [-0.15, -0.1) is 0 Å². The fourth-order valence-electron chi connectivity index (χ4n) is 1.68. The zero-order chi connectivity index (χ0) is 15.6. The number of hydrogen-bond acceptors (Lipinski definition) is 4. The summed E-state index contributed by atoms with van der Waals surface area (Å²) in [5.41, 5.74) is 6.57. The monoisotopic (exact) mass is 389 g/mol. The van der Waals surface area contributed by atoms with Crippen molar-refractivity contribution in [1.29, 1.82) is 0 Å². The van der Waals surface area contributed by atoms with Crippen LogP contribution in [0.1, 0.15) is 24.7 Å². The smallest absolute Gasteiger partial charge is 0.227 e. The molecule has 0 unspecified atom stereocenters. The highest BCUT2D eigenvalue weighted by Gasteiger charge is 2.14. The first-order chi connectivity index (χ1) is 9.92. The molecule has 0 aliphatic carbocycles. The lowest BCUT2D eigenvalue weighted by atomic mass is 10.3. The summed E-state index contributed by atoms with van der Waals surface area (Å²) in [6.07, 6.45) is 1.66. The second kappa shape index (κ2) is 6.81. The maximum atomic E-state index is 6.16. The highest BCUT2D eigenvalue weighted by Crippen LogP contribution is 2.37. The van der Waals surface area contributed by atoms with E-state index in [2.05, 4.69) is 25.9 Å². The second-order valence-electron chi connectivity index (χ2n) is 4.50. The lowest BCUT2D eigenvalue weighted by Crippen LogP contribution is -2.05. The number of halogens is 3. The summed E-state index contributed by atoms with van der Waals surface area (Å²) in [5, 5.41) is 0.933. The number of benzene rings is 1. The van der Waals surface area contributed by atoms with Crippen LogP contribution in [-0.2, 0) is 6.42 Å². The Morgan fingerprint density at radius 1 is 1.24 bits per heavy atom. The van der Waals surface area contributed by atoms with Gasteiger partial charge in [-0.05, 0) is 35.3 Å². The molecule has 2 aromatic rings. The summed E-state index contributed by atoms with van der Waals surface area (Å²) in [4.78, 5) is 8.62. The molecule has 7 heteroatoms. The summed E-state index contributed by atoms with van der Waals surface area (Å²) in [6, 6.07) is 3.30. The zero-order valence-electron chi connectivity index (χ0n) is 11.6. The van der Waals surface area contributed by atoms with E-state index < -0.39 is 0 Å². The second-order valence-corrected chi connectivity index (χ2v) is 6.17. The van der Waals surface area contributed by atoms with E-state index in [0.717, 1.165) is 12.8 Å². The van der Waals surface area contributed by atoms with Crippen LogP contribution in [0.25, 0.3) is 0 Å². The first-order valence-electron chi connectivity index (χ1n) is 6.37. The minimum absolute atomic E-state index is 0.395. The van der Waals surface area contributed by atoms with Crippen LogP contribution in [0.3, 0.4) is 0 Å². The number of nitrogens with two attached hydrogens (primary N) is 1. The standard InChI is InChI=1S/C14H14BrCl2N3O/c1-3-4-12-19-13(18)7(2)14(20-12)21-11-6-9(16)8(15)5-10(11)17/h5-6H,3-4H2,1-2H3,(H2,18,19,20). The molecular weight excluding hydrogens is 377 g/mol. The molecular formula is C14H14BrCl2N3O. The van der Waals surface area contributed by atoms with E-state index in [1.807, 2.05) is 6.92 Å². The maximum Gasteiger partial charge on any atom is 0.227 e. The lowest BCUT2D eigenvalue weighted by molar-refractivity contribution is 0.455. The van der Waals surface area contributed by atoms with E-state index in [1.54, 1.807) is 19.1 Å². The van der Waals surface area contributed by atoms with Gasteiger partial charge in [0.2, 0.25) is 5.88 Å². The van der Waals surface area contributed by atoms with E-state index >= 15 is 0 Å². The first kappa shape index (κ1) is 16.3. The number of aromatic nitrogens is 2. The molecule has 0 spiro atoms. The van der Waals surface area contributed by atoms with Crippen LogP contribution in [-0.4, -0.2) is 9.97 Å². The molecule has 2 N–H and O–H groups in total. The quantitative estimate of drug-likeness (QED) is 0.730. The molecule has 1 heterocycles. The molecule has 0 bridgehead atoms. The Morgan fingerprint density at radius 3 is 2.62 bits per heavy atom. The van der Waals surface area contributed by atoms with Crippen LogP contribution in [0, 0.1) is 6.92 Å². The molecule has 0 saturated heterocycles. The number of hydrogen-bond donors (Lipinski definition) is 1. The Balaban J connectivity index is 2.41. The van der Waals surface area contributed by atoms with Crippen LogP contribution in [0.4, 0.5) is 5.82 Å². The molecule has 0 fully saturated rings. The molecule has 21 heavy (non-hydrogen) atoms. The molecule has 112 valence electrons. The van der Waals surface area contributed by atoms with E-state index in [-0.39, 0.29) is 0 Å². The number of anilines is 1. The van der Waals surface area contributed by atoms with Crippen LogP contribution in [0.5, 0.6) is 11.6 Å². The third-order valence-electron chi connectivity index (χ3n) is 2.84. The van der Waals surface area contributed by atoms with Gasteiger partial charge < -0.3 is 10.5 Å². The van der Waals surface area contributed by atoms with E-state index in [4.69, 9.17) is 33.7 Å². The Morgan fingerprint density at radius 2 is 1.95 bits per heavy atom. The fraction of sp³-hybridized carbons (Fsp3) is 0.286. The predicted molar refractivity (Wildman–Crippen MR) is 89.4 cm³/mol. The number of ether oxygens (including phenoxy) is 1. The van der Waals surface area contributed by atoms with E-state index in [9.17, 15) is 0 Å². The molecule has 0 aliphatic rings. The van der Waals surface area contributed by atoms with Crippen molar-refractivity contribution in [2.24, 2.45) is 0 Å². The highest BCUT2D eigenvalue weighted by molar-refractivity contribution is 9.10. The Labute approximate surface area is 141 Å². The van der Waals surface area contributed by atoms with Gasteiger partial charge in [-0.25, -0.2) is 4.98 Å². The van der Waals surface area contributed by atoms with Crippen LogP contribution >= 0.6 is 39.1 Å². The van der Waals surface area contributed by atoms with Crippen molar-refractivity contribution in [1.82, 2.24) is 9.97 Å². The fourth-order valence-corrected chi connectivity index (χ4v) is 2.51. The van der Waals surface area contributed by atoms with Gasteiger partial charge >= 0.3 is 0 Å². The minimum atomic E-state index is 0.395. The van der Waals surface area contributed by atoms with Crippen LogP contribution in [0.2, 0.25) is 10.0 Å². The van der Waals surface area contributed by atoms with Crippen molar-refractivity contribution in [3.63, 3.8) is 0 Å². The zero-order valence-corrected chi connectivity index (χ0v) is 14.7. The average molecular weight is 391 g/mol. The Bertz CT molecular complexity index is 680. The third-order valence-corrected chi connectivity index (χ3v) is 4.33. The van der Waals surface area contributed by atoms with Gasteiger partial charge in [0.1, 0.15) is 17.4 Å². The van der Waals surface area contributed by atoms with Gasteiger partial charge in [0, 0.05) is 17.0 Å². The SMILES string of the molecule is CCCc1nc(N)c(C)c(Oc2cc(Cl)c(Br)cc2Cl)n1. The number of nitrogen functional groups attached to an aromatic ring is 1. The van der Waals surface area contributed by atoms with Crippen molar-refractivity contribution >= 4 is 44.9 Å². The minimum Gasteiger partial charge on any atom is -0.437 e. The molecule has 1 aromatic heterocycles. The summed E-state index contributed by atoms with van der Waals surface area (Å²) in [7, 11) is 0. The van der Waals surface area contributed by atoms with Gasteiger partial charge in [0.25, 0.3) is 0 Å². The summed E-state index contributed by atoms with van der Waals surface area (Å²) < 4.78 is 6.48. The van der Waals surface area contributed by atoms with Crippen molar-refractivity contribution < 1.29 is 4.74 Å². The Hall–Kier alpha value is -1.04. The number of aryl methyl sites for hydroxylation is 1. The first-order valence-corrected chi connectivity index (χ1v) is 7.92. The molecule has 0 amide bonds. The van der Waals surface area contributed by atoms with E-state index in [1.165, 1.54) is 0 Å². The van der Waals surface area contributed by atoms with E-state index in [0.29, 0.717) is 43.4 Å². The predicted octanol–water partition coefficient (Wildman–Crippen LogP) is 5.18. The van der Waals surface area contributed by atoms with Crippen molar-refractivity contribution in [2.75, 3.05) is 5.73 Å². The van der Waals surface area contributed by atoms with Gasteiger partial charge in [0.05, 0.1) is 15.6 Å².